The first-order valence-electron chi connectivity index (χ1n) is 7.69. The largest absolute Gasteiger partial charge is 0.476 e. The Kier molecular flexibility index (Phi) is 5.28. The van der Waals surface area contributed by atoms with Gasteiger partial charge in [-0.3, -0.25) is 0 Å². The third-order valence-electron chi connectivity index (χ3n) is 3.84. The average Bonchev–Trinajstić information content (AvgIpc) is 2.46. The molecular weight excluding hydrogens is 266 g/mol. The Labute approximate surface area is 127 Å². The van der Waals surface area contributed by atoms with Gasteiger partial charge in [-0.25, -0.2) is 0 Å². The lowest BCUT2D eigenvalue weighted by Crippen LogP contribution is -2.33. The van der Waals surface area contributed by atoms with Gasteiger partial charge in [0.15, 0.2) is 0 Å². The third-order valence-corrected chi connectivity index (χ3v) is 3.84. The van der Waals surface area contributed by atoms with E-state index in [9.17, 15) is 0 Å². The van der Waals surface area contributed by atoms with Gasteiger partial charge in [0.25, 0.3) is 0 Å². The van der Waals surface area contributed by atoms with E-state index < -0.39 is 0 Å². The molecule has 3 N–H and O–H groups in total. The summed E-state index contributed by atoms with van der Waals surface area (Å²) in [6, 6.07) is 3.75. The molecule has 5 heteroatoms. The van der Waals surface area contributed by atoms with Gasteiger partial charge in [0.1, 0.15) is 5.82 Å². The predicted octanol–water partition coefficient (Wildman–Crippen LogP) is 2.93. The van der Waals surface area contributed by atoms with Crippen LogP contribution in [0.25, 0.3) is 0 Å². The van der Waals surface area contributed by atoms with Crippen LogP contribution in [0.1, 0.15) is 33.6 Å². The number of nitrogens with one attached hydrogen (secondary N) is 1. The fraction of sp³-hybridized carbons (Fsp3) is 0.688. The highest BCUT2D eigenvalue weighted by Gasteiger charge is 2.27. The second-order valence-electron chi connectivity index (χ2n) is 6.57. The van der Waals surface area contributed by atoms with Crippen LogP contribution in [-0.2, 0) is 4.74 Å². The molecule has 0 aromatic carbocycles. The molecule has 0 aliphatic carbocycles. The molecule has 1 fully saturated rings. The van der Waals surface area contributed by atoms with Crippen LogP contribution in [0.4, 0.5) is 11.5 Å². The fourth-order valence-electron chi connectivity index (χ4n) is 2.26. The molecule has 1 aromatic heterocycles. The van der Waals surface area contributed by atoms with Crippen LogP contribution in [0.3, 0.4) is 0 Å². The van der Waals surface area contributed by atoms with Crippen molar-refractivity contribution in [1.82, 2.24) is 4.98 Å². The monoisotopic (exact) mass is 293 g/mol. The Hall–Kier alpha value is -1.49. The minimum absolute atomic E-state index is 0.264. The molecule has 1 aromatic rings. The molecule has 1 saturated heterocycles. The van der Waals surface area contributed by atoms with Gasteiger partial charge in [-0.1, -0.05) is 20.8 Å². The zero-order chi connectivity index (χ0) is 15.3. The van der Waals surface area contributed by atoms with Crippen molar-refractivity contribution in [3.8, 4) is 5.88 Å². The minimum atomic E-state index is 0.264. The molecule has 0 bridgehead atoms. The Bertz CT molecular complexity index is 457. The number of nitrogens with two attached hydrogens (primary N) is 1. The van der Waals surface area contributed by atoms with Gasteiger partial charge in [0.05, 0.1) is 12.3 Å². The van der Waals surface area contributed by atoms with Crippen molar-refractivity contribution in [2.45, 2.75) is 33.6 Å². The second kappa shape index (κ2) is 6.98. The fourth-order valence-corrected chi connectivity index (χ4v) is 2.26. The molecule has 0 atom stereocenters. The number of hydrogen-bond donors (Lipinski definition) is 2. The number of ether oxygens (including phenoxy) is 2. The molecule has 0 amide bonds. The van der Waals surface area contributed by atoms with E-state index in [1.165, 1.54) is 0 Å². The maximum Gasteiger partial charge on any atom is 0.239 e. The molecule has 21 heavy (non-hydrogen) atoms. The van der Waals surface area contributed by atoms with Crippen molar-refractivity contribution >= 4 is 11.5 Å². The van der Waals surface area contributed by atoms with E-state index in [1.54, 1.807) is 0 Å². The highest BCUT2D eigenvalue weighted by Crippen LogP contribution is 2.30. The summed E-state index contributed by atoms with van der Waals surface area (Å²) in [5.41, 5.74) is 6.75. The van der Waals surface area contributed by atoms with Crippen LogP contribution < -0.4 is 15.8 Å². The molecule has 1 aliphatic heterocycles. The van der Waals surface area contributed by atoms with Crippen LogP contribution in [0.15, 0.2) is 12.1 Å². The number of anilines is 2. The lowest BCUT2D eigenvalue weighted by Gasteiger charge is -2.33. The van der Waals surface area contributed by atoms with Crippen molar-refractivity contribution in [1.29, 1.82) is 0 Å². The Morgan fingerprint density at radius 2 is 2.10 bits per heavy atom. The zero-order valence-corrected chi connectivity index (χ0v) is 13.3. The first-order valence-corrected chi connectivity index (χ1v) is 7.69. The summed E-state index contributed by atoms with van der Waals surface area (Å²) >= 11 is 0. The Morgan fingerprint density at radius 1 is 1.38 bits per heavy atom. The molecule has 0 radical (unpaired) electrons. The van der Waals surface area contributed by atoms with Crippen molar-refractivity contribution in [3.05, 3.63) is 12.1 Å². The number of nitrogens with zero attached hydrogens (tertiary/aromatic N) is 1. The van der Waals surface area contributed by atoms with E-state index in [0.29, 0.717) is 24.1 Å². The summed E-state index contributed by atoms with van der Waals surface area (Å²) in [7, 11) is 0. The average molecular weight is 293 g/mol. The summed E-state index contributed by atoms with van der Waals surface area (Å²) in [4.78, 5) is 4.47. The Morgan fingerprint density at radius 3 is 2.76 bits per heavy atom. The third kappa shape index (κ3) is 4.77. The maximum atomic E-state index is 5.91. The number of nitrogen functional groups attached to an aromatic ring is 1. The number of rotatable bonds is 6. The molecule has 1 aliphatic rings. The van der Waals surface area contributed by atoms with Crippen molar-refractivity contribution < 1.29 is 9.47 Å². The molecule has 118 valence electrons. The van der Waals surface area contributed by atoms with E-state index >= 15 is 0 Å². The predicted molar refractivity (Wildman–Crippen MR) is 85.6 cm³/mol. The van der Waals surface area contributed by atoms with Gasteiger partial charge in [-0.2, -0.15) is 4.98 Å². The van der Waals surface area contributed by atoms with Gasteiger partial charge in [-0.05, 0) is 36.3 Å². The highest BCUT2D eigenvalue weighted by atomic mass is 16.5. The molecule has 2 heterocycles. The minimum Gasteiger partial charge on any atom is -0.476 e. The lowest BCUT2D eigenvalue weighted by atomic mass is 9.82. The van der Waals surface area contributed by atoms with Gasteiger partial charge >= 0.3 is 0 Å². The summed E-state index contributed by atoms with van der Waals surface area (Å²) in [6.45, 7) is 9.68. The summed E-state index contributed by atoms with van der Waals surface area (Å²) in [6.07, 6.45) is 2.15. The SMILES string of the molecule is CC(C)COc1nc(NCC2(C)CCOCC2)ccc1N. The number of pyridine rings is 1. The molecule has 5 nitrogen and oxygen atoms in total. The van der Waals surface area contributed by atoms with E-state index in [0.717, 1.165) is 38.4 Å². The Balaban J connectivity index is 1.95. The van der Waals surface area contributed by atoms with Crippen LogP contribution >= 0.6 is 0 Å². The van der Waals surface area contributed by atoms with Crippen LogP contribution in [0, 0.1) is 11.3 Å². The number of hydrogen-bond acceptors (Lipinski definition) is 5. The molecule has 0 saturated carbocycles. The maximum absolute atomic E-state index is 5.91. The molecule has 0 unspecified atom stereocenters. The number of aromatic nitrogens is 1. The van der Waals surface area contributed by atoms with Crippen LogP contribution in [0.2, 0.25) is 0 Å². The van der Waals surface area contributed by atoms with Gasteiger partial charge in [-0.15, -0.1) is 0 Å². The first kappa shape index (κ1) is 15.9. The smallest absolute Gasteiger partial charge is 0.239 e. The summed E-state index contributed by atoms with van der Waals surface area (Å²) < 4.78 is 11.1. The quantitative estimate of drug-likeness (QED) is 0.844. The van der Waals surface area contributed by atoms with E-state index in [4.69, 9.17) is 15.2 Å². The van der Waals surface area contributed by atoms with Gasteiger partial charge in [0, 0.05) is 19.8 Å². The van der Waals surface area contributed by atoms with Crippen molar-refractivity contribution in [2.24, 2.45) is 11.3 Å². The summed E-state index contributed by atoms with van der Waals surface area (Å²) in [5.74, 6) is 1.78. The topological polar surface area (TPSA) is 69.4 Å². The van der Waals surface area contributed by atoms with E-state index in [-0.39, 0.29) is 5.41 Å². The second-order valence-corrected chi connectivity index (χ2v) is 6.57. The summed E-state index contributed by atoms with van der Waals surface area (Å²) in [5, 5.41) is 3.41. The lowest BCUT2D eigenvalue weighted by molar-refractivity contribution is 0.0299. The zero-order valence-electron chi connectivity index (χ0n) is 13.3. The molecular formula is C16H27N3O2. The van der Waals surface area contributed by atoms with E-state index in [1.807, 2.05) is 12.1 Å². The van der Waals surface area contributed by atoms with Crippen molar-refractivity contribution in [3.63, 3.8) is 0 Å². The van der Waals surface area contributed by atoms with Crippen molar-refractivity contribution in [2.75, 3.05) is 37.4 Å². The highest BCUT2D eigenvalue weighted by molar-refractivity contribution is 5.53. The van der Waals surface area contributed by atoms with Gasteiger partial charge in [0.2, 0.25) is 5.88 Å². The molecule has 0 spiro atoms. The molecule has 2 rings (SSSR count). The van der Waals surface area contributed by atoms with E-state index in [2.05, 4.69) is 31.1 Å². The first-order chi connectivity index (χ1) is 9.98. The standard InChI is InChI=1S/C16H27N3O2/c1-12(2)10-21-15-13(17)4-5-14(19-15)18-11-16(3)6-8-20-9-7-16/h4-5,12H,6-11,17H2,1-3H3,(H,18,19). The van der Waals surface area contributed by atoms with Crippen LogP contribution in [-0.4, -0.2) is 31.3 Å². The van der Waals surface area contributed by atoms with Gasteiger partial charge < -0.3 is 20.5 Å². The normalized spacial score (nSPS) is 17.7. The van der Waals surface area contributed by atoms with Crippen LogP contribution in [0.5, 0.6) is 5.88 Å².